The number of halogens is 2. The average molecular weight is 384 g/mol. The molecule has 0 radical (unpaired) electrons. The molecule has 0 aliphatic heterocycles. The molecule has 1 N–H and O–H groups in total. The zero-order chi connectivity index (χ0) is 18.0. The highest BCUT2D eigenvalue weighted by Crippen LogP contribution is 2.61. The van der Waals surface area contributed by atoms with Gasteiger partial charge in [0.05, 0.1) is 11.6 Å². The molecule has 1 aromatic rings. The lowest BCUT2D eigenvalue weighted by atomic mass is 9.45. The van der Waals surface area contributed by atoms with E-state index in [0.717, 1.165) is 18.4 Å². The summed E-state index contributed by atoms with van der Waals surface area (Å²) in [4.78, 5) is 12.1. The van der Waals surface area contributed by atoms with E-state index in [1.165, 1.54) is 19.3 Å². The van der Waals surface area contributed by atoms with Gasteiger partial charge in [0.25, 0.3) is 0 Å². The molecule has 3 aliphatic carbocycles. The Labute approximate surface area is 160 Å². The van der Waals surface area contributed by atoms with Crippen LogP contribution in [-0.2, 0) is 4.79 Å². The first-order valence-electron chi connectivity index (χ1n) is 9.22. The Hall–Kier alpha value is -0.930. The second kappa shape index (κ2) is 7.75. The second-order valence-electron chi connectivity index (χ2n) is 8.03. The highest BCUT2D eigenvalue weighted by molar-refractivity contribution is 6.35. The van der Waals surface area contributed by atoms with Crippen molar-refractivity contribution in [3.8, 4) is 5.75 Å². The van der Waals surface area contributed by atoms with Crippen molar-refractivity contribution in [2.45, 2.75) is 46.0 Å². The summed E-state index contributed by atoms with van der Waals surface area (Å²) < 4.78 is 5.62. The molecule has 3 fully saturated rings. The van der Waals surface area contributed by atoms with Crippen LogP contribution in [0.25, 0.3) is 0 Å². The van der Waals surface area contributed by atoms with Gasteiger partial charge in [-0.05, 0) is 67.1 Å². The summed E-state index contributed by atoms with van der Waals surface area (Å²) in [5.74, 6) is 3.05. The number of hydrogen-bond donors (Lipinski definition) is 1. The van der Waals surface area contributed by atoms with Crippen molar-refractivity contribution in [3.63, 3.8) is 0 Å². The van der Waals surface area contributed by atoms with E-state index in [1.807, 2.05) is 0 Å². The Morgan fingerprint density at radius 1 is 1.32 bits per heavy atom. The lowest BCUT2D eigenvalue weighted by Gasteiger charge is -2.60. The SMILES string of the molecule is CC1(C)C2C[C@@H]1CC[C@H]2CNC(=O)CCCOc1ccc(Cl)cc1Cl. The molecule has 1 unspecified atom stereocenters. The van der Waals surface area contributed by atoms with E-state index < -0.39 is 0 Å². The molecule has 3 saturated carbocycles. The van der Waals surface area contributed by atoms with Crippen molar-refractivity contribution in [1.29, 1.82) is 0 Å². The topological polar surface area (TPSA) is 38.3 Å². The van der Waals surface area contributed by atoms with Crippen molar-refractivity contribution >= 4 is 29.1 Å². The number of benzene rings is 1. The first-order chi connectivity index (χ1) is 11.9. The number of rotatable bonds is 7. The largest absolute Gasteiger partial charge is 0.492 e. The first kappa shape index (κ1) is 18.8. The Morgan fingerprint density at radius 2 is 2.12 bits per heavy atom. The summed E-state index contributed by atoms with van der Waals surface area (Å²) in [6.45, 7) is 6.07. The molecule has 3 nitrogen and oxygen atoms in total. The molecule has 1 aromatic carbocycles. The van der Waals surface area contributed by atoms with Crippen LogP contribution in [0.15, 0.2) is 18.2 Å². The highest BCUT2D eigenvalue weighted by Gasteiger charge is 2.53. The van der Waals surface area contributed by atoms with Crippen LogP contribution < -0.4 is 10.1 Å². The molecule has 138 valence electrons. The van der Waals surface area contributed by atoms with Crippen LogP contribution >= 0.6 is 23.2 Å². The zero-order valence-electron chi connectivity index (χ0n) is 15.0. The fourth-order valence-corrected chi connectivity index (χ4v) is 5.01. The minimum Gasteiger partial charge on any atom is -0.492 e. The minimum atomic E-state index is 0.116. The van der Waals surface area contributed by atoms with E-state index >= 15 is 0 Å². The summed E-state index contributed by atoms with van der Waals surface area (Å²) in [7, 11) is 0. The van der Waals surface area contributed by atoms with Crippen molar-refractivity contribution in [2.75, 3.05) is 13.2 Å². The quantitative estimate of drug-likeness (QED) is 0.645. The fraction of sp³-hybridized carbons (Fsp3) is 0.650. The van der Waals surface area contributed by atoms with Crippen LogP contribution in [0.1, 0.15) is 46.0 Å². The van der Waals surface area contributed by atoms with E-state index in [2.05, 4.69) is 19.2 Å². The maximum atomic E-state index is 12.1. The van der Waals surface area contributed by atoms with Gasteiger partial charge >= 0.3 is 0 Å². The summed E-state index contributed by atoms with van der Waals surface area (Å²) in [6, 6.07) is 5.15. The number of ether oxygens (including phenoxy) is 1. The molecule has 0 saturated heterocycles. The average Bonchev–Trinajstić information content (AvgIpc) is 2.58. The summed E-state index contributed by atoms with van der Waals surface area (Å²) in [5.41, 5.74) is 0.472. The zero-order valence-corrected chi connectivity index (χ0v) is 16.5. The van der Waals surface area contributed by atoms with Crippen LogP contribution in [-0.4, -0.2) is 19.1 Å². The Morgan fingerprint density at radius 3 is 2.80 bits per heavy atom. The Kier molecular flexibility index (Phi) is 5.85. The molecular weight excluding hydrogens is 357 g/mol. The number of carbonyl (C=O) groups is 1. The summed E-state index contributed by atoms with van der Waals surface area (Å²) in [5, 5.41) is 4.20. The van der Waals surface area contributed by atoms with Crippen molar-refractivity contribution < 1.29 is 9.53 Å². The van der Waals surface area contributed by atoms with Gasteiger partial charge in [0, 0.05) is 18.0 Å². The molecule has 5 heteroatoms. The molecule has 0 heterocycles. The maximum absolute atomic E-state index is 12.1. The van der Waals surface area contributed by atoms with Gasteiger partial charge in [0.15, 0.2) is 0 Å². The van der Waals surface area contributed by atoms with Gasteiger partial charge in [-0.2, -0.15) is 0 Å². The third kappa shape index (κ3) is 4.25. The van der Waals surface area contributed by atoms with E-state index in [1.54, 1.807) is 18.2 Å². The third-order valence-corrected chi connectivity index (χ3v) is 6.79. The molecule has 1 amide bonds. The standard InChI is InChI=1S/C20H27Cl2NO2/c1-20(2)14-6-5-13(16(20)10-14)12-23-19(24)4-3-9-25-18-8-7-15(21)11-17(18)22/h7-8,11,13-14,16H,3-6,9-10,12H2,1-2H3,(H,23,24)/t13-,14-,16?/m0/s1. The minimum absolute atomic E-state index is 0.116. The smallest absolute Gasteiger partial charge is 0.220 e. The van der Waals surface area contributed by atoms with Gasteiger partial charge < -0.3 is 10.1 Å². The monoisotopic (exact) mass is 383 g/mol. The highest BCUT2D eigenvalue weighted by atomic mass is 35.5. The van der Waals surface area contributed by atoms with E-state index in [-0.39, 0.29) is 5.91 Å². The van der Waals surface area contributed by atoms with Gasteiger partial charge in [-0.1, -0.05) is 37.0 Å². The maximum Gasteiger partial charge on any atom is 0.220 e. The van der Waals surface area contributed by atoms with Crippen LogP contribution in [0, 0.1) is 23.2 Å². The van der Waals surface area contributed by atoms with Crippen molar-refractivity contribution in [3.05, 3.63) is 28.2 Å². The normalized spacial score (nSPS) is 26.6. The Balaban J connectivity index is 1.33. The number of carbonyl (C=O) groups excluding carboxylic acids is 1. The van der Waals surface area contributed by atoms with Gasteiger partial charge in [-0.3, -0.25) is 4.79 Å². The predicted molar refractivity (Wildman–Crippen MR) is 102 cm³/mol. The lowest BCUT2D eigenvalue weighted by Crippen LogP contribution is -2.54. The van der Waals surface area contributed by atoms with Gasteiger partial charge in [0.2, 0.25) is 5.91 Å². The van der Waals surface area contributed by atoms with E-state index in [9.17, 15) is 4.79 Å². The molecule has 2 bridgehead atoms. The fourth-order valence-electron chi connectivity index (χ4n) is 4.55. The molecule has 3 atom stereocenters. The van der Waals surface area contributed by atoms with Gasteiger partial charge in [-0.25, -0.2) is 0 Å². The van der Waals surface area contributed by atoms with Crippen LogP contribution in [0.3, 0.4) is 0 Å². The number of fused-ring (bicyclic) bond motifs is 2. The molecule has 25 heavy (non-hydrogen) atoms. The van der Waals surface area contributed by atoms with Crippen molar-refractivity contribution in [2.24, 2.45) is 23.2 Å². The van der Waals surface area contributed by atoms with Crippen LogP contribution in [0.5, 0.6) is 5.75 Å². The van der Waals surface area contributed by atoms with E-state index in [4.69, 9.17) is 27.9 Å². The third-order valence-electron chi connectivity index (χ3n) is 6.26. The summed E-state index contributed by atoms with van der Waals surface area (Å²) in [6.07, 6.45) is 5.08. The van der Waals surface area contributed by atoms with Gasteiger partial charge in [-0.15, -0.1) is 0 Å². The molecule has 3 aliphatic rings. The molecule has 4 rings (SSSR count). The molecule has 0 aromatic heterocycles. The molecule has 0 spiro atoms. The van der Waals surface area contributed by atoms with Crippen molar-refractivity contribution in [1.82, 2.24) is 5.32 Å². The molecular formula is C20H27Cl2NO2. The Bertz CT molecular complexity index is 630. The van der Waals surface area contributed by atoms with Crippen LogP contribution in [0.4, 0.5) is 0 Å². The lowest BCUT2D eigenvalue weighted by molar-refractivity contribution is -0.125. The number of hydrogen-bond acceptors (Lipinski definition) is 2. The number of amides is 1. The predicted octanol–water partition coefficient (Wildman–Crippen LogP) is 5.34. The summed E-state index contributed by atoms with van der Waals surface area (Å²) >= 11 is 11.9. The van der Waals surface area contributed by atoms with E-state index in [0.29, 0.717) is 46.6 Å². The second-order valence-corrected chi connectivity index (χ2v) is 8.87. The van der Waals surface area contributed by atoms with Crippen LogP contribution in [0.2, 0.25) is 10.0 Å². The first-order valence-corrected chi connectivity index (χ1v) is 9.98. The number of nitrogens with one attached hydrogen (secondary N) is 1. The van der Waals surface area contributed by atoms with Gasteiger partial charge in [0.1, 0.15) is 5.75 Å².